The third-order valence-electron chi connectivity index (χ3n) is 4.76. The van der Waals surface area contributed by atoms with Gasteiger partial charge in [-0.05, 0) is 48.4 Å². The van der Waals surface area contributed by atoms with Crippen molar-refractivity contribution in [2.45, 2.75) is 26.2 Å². The third-order valence-corrected chi connectivity index (χ3v) is 5.09. The topological polar surface area (TPSA) is 58.4 Å². The quantitative estimate of drug-likeness (QED) is 0.518. The van der Waals surface area contributed by atoms with Crippen LogP contribution in [0.25, 0.3) is 6.08 Å². The molecule has 27 heavy (non-hydrogen) atoms. The van der Waals surface area contributed by atoms with Crippen molar-refractivity contribution in [3.05, 3.63) is 64.2 Å². The van der Waals surface area contributed by atoms with Gasteiger partial charge in [-0.25, -0.2) is 0 Å². The van der Waals surface area contributed by atoms with Gasteiger partial charge in [-0.2, -0.15) is 0 Å². The maximum Gasteiger partial charge on any atom is 0.255 e. The van der Waals surface area contributed by atoms with E-state index in [0.717, 1.165) is 18.7 Å². The standard InChI is InChI=1S/C22H26ClN3O/c1-2-3-6-11-26-14-16(15-26)12-17-9-10-18(13-19(17)23)22(27)25-21-8-5-4-7-20(21)24/h4-5,7-10,12-13H,2-3,6,11,14-15,24H2,1H3,(H,25,27). The van der Waals surface area contributed by atoms with E-state index >= 15 is 0 Å². The molecule has 0 bridgehead atoms. The summed E-state index contributed by atoms with van der Waals surface area (Å²) in [5.74, 6) is -0.222. The molecular weight excluding hydrogens is 358 g/mol. The molecule has 0 saturated carbocycles. The van der Waals surface area contributed by atoms with Gasteiger partial charge in [0.2, 0.25) is 0 Å². The summed E-state index contributed by atoms with van der Waals surface area (Å²) in [4.78, 5) is 14.9. The van der Waals surface area contributed by atoms with E-state index in [1.165, 1.54) is 31.4 Å². The van der Waals surface area contributed by atoms with Crippen LogP contribution in [-0.4, -0.2) is 30.4 Å². The van der Waals surface area contributed by atoms with Crippen molar-refractivity contribution in [2.75, 3.05) is 30.7 Å². The lowest BCUT2D eigenvalue weighted by Gasteiger charge is -2.34. The number of rotatable bonds is 7. The molecule has 0 radical (unpaired) electrons. The van der Waals surface area contributed by atoms with Crippen LogP contribution in [0.4, 0.5) is 11.4 Å². The minimum atomic E-state index is -0.222. The zero-order chi connectivity index (χ0) is 19.2. The molecule has 2 aromatic rings. The molecule has 0 spiro atoms. The Morgan fingerprint density at radius 2 is 2.00 bits per heavy atom. The molecule has 3 rings (SSSR count). The van der Waals surface area contributed by atoms with Gasteiger partial charge in [0.25, 0.3) is 5.91 Å². The maximum absolute atomic E-state index is 12.4. The normalized spacial score (nSPS) is 13.9. The summed E-state index contributed by atoms with van der Waals surface area (Å²) in [6, 6.07) is 12.6. The van der Waals surface area contributed by atoms with E-state index in [1.807, 2.05) is 18.2 Å². The molecule has 2 aromatic carbocycles. The van der Waals surface area contributed by atoms with Crippen molar-refractivity contribution in [3.8, 4) is 0 Å². The van der Waals surface area contributed by atoms with Crippen LogP contribution >= 0.6 is 11.6 Å². The summed E-state index contributed by atoms with van der Waals surface area (Å²) in [6.45, 7) is 5.41. The first-order valence-electron chi connectivity index (χ1n) is 9.44. The molecule has 3 N–H and O–H groups in total. The largest absolute Gasteiger partial charge is 0.397 e. The predicted octanol–water partition coefficient (Wildman–Crippen LogP) is 5.06. The van der Waals surface area contributed by atoms with Crippen molar-refractivity contribution >= 4 is 35.0 Å². The fraction of sp³-hybridized carbons (Fsp3) is 0.318. The molecule has 0 aliphatic carbocycles. The molecule has 1 aliphatic rings. The fourth-order valence-electron chi connectivity index (χ4n) is 3.17. The Balaban J connectivity index is 1.60. The van der Waals surface area contributed by atoms with E-state index in [0.29, 0.717) is 22.0 Å². The molecule has 1 aliphatic heterocycles. The summed E-state index contributed by atoms with van der Waals surface area (Å²) >= 11 is 6.41. The van der Waals surface area contributed by atoms with E-state index in [9.17, 15) is 4.79 Å². The number of carbonyl (C=O) groups excluding carboxylic acids is 1. The average molecular weight is 384 g/mol. The second kappa shape index (κ2) is 9.07. The van der Waals surface area contributed by atoms with Gasteiger partial charge in [0, 0.05) is 23.7 Å². The van der Waals surface area contributed by atoms with Gasteiger partial charge < -0.3 is 11.1 Å². The van der Waals surface area contributed by atoms with Gasteiger partial charge in [0.05, 0.1) is 11.4 Å². The molecule has 142 valence electrons. The number of nitrogen functional groups attached to an aromatic ring is 1. The van der Waals surface area contributed by atoms with E-state index in [1.54, 1.807) is 24.3 Å². The van der Waals surface area contributed by atoms with Crippen LogP contribution in [-0.2, 0) is 0 Å². The molecule has 0 atom stereocenters. The van der Waals surface area contributed by atoms with Crippen molar-refractivity contribution in [2.24, 2.45) is 0 Å². The molecule has 1 fully saturated rings. The van der Waals surface area contributed by atoms with Gasteiger partial charge in [0.15, 0.2) is 0 Å². The zero-order valence-corrected chi connectivity index (χ0v) is 16.4. The van der Waals surface area contributed by atoms with Gasteiger partial charge >= 0.3 is 0 Å². The maximum atomic E-state index is 12.4. The minimum absolute atomic E-state index is 0.222. The highest BCUT2D eigenvalue weighted by Crippen LogP contribution is 2.25. The number of para-hydroxylation sites is 2. The van der Waals surface area contributed by atoms with Gasteiger partial charge in [0.1, 0.15) is 0 Å². The summed E-state index contributed by atoms with van der Waals surface area (Å²) in [5, 5.41) is 3.41. The van der Waals surface area contributed by atoms with Crippen molar-refractivity contribution in [1.82, 2.24) is 4.90 Å². The van der Waals surface area contributed by atoms with Crippen molar-refractivity contribution in [1.29, 1.82) is 0 Å². The Hall–Kier alpha value is -2.30. The van der Waals surface area contributed by atoms with Crippen LogP contribution in [0.3, 0.4) is 0 Å². The number of amides is 1. The first-order chi connectivity index (χ1) is 13.1. The average Bonchev–Trinajstić information content (AvgIpc) is 2.62. The van der Waals surface area contributed by atoms with Crippen LogP contribution in [0.15, 0.2) is 48.0 Å². The SMILES string of the molecule is CCCCCN1CC(=Cc2ccc(C(=O)Nc3ccccc3N)cc2Cl)C1. The van der Waals surface area contributed by atoms with Crippen LogP contribution in [0.5, 0.6) is 0 Å². The summed E-state index contributed by atoms with van der Waals surface area (Å²) in [5.41, 5.74) is 9.85. The van der Waals surface area contributed by atoms with Crippen LogP contribution in [0.1, 0.15) is 42.1 Å². The molecule has 1 saturated heterocycles. The van der Waals surface area contributed by atoms with Crippen LogP contribution in [0.2, 0.25) is 5.02 Å². The number of nitrogens with zero attached hydrogens (tertiary/aromatic N) is 1. The second-order valence-corrected chi connectivity index (χ2v) is 7.41. The number of likely N-dealkylation sites (tertiary alicyclic amines) is 1. The lowest BCUT2D eigenvalue weighted by atomic mass is 10.0. The molecule has 1 heterocycles. The van der Waals surface area contributed by atoms with E-state index in [-0.39, 0.29) is 5.91 Å². The Morgan fingerprint density at radius 1 is 1.22 bits per heavy atom. The fourth-order valence-corrected chi connectivity index (χ4v) is 3.41. The minimum Gasteiger partial charge on any atom is -0.397 e. The number of carbonyl (C=O) groups is 1. The number of unbranched alkanes of at least 4 members (excludes halogenated alkanes) is 2. The zero-order valence-electron chi connectivity index (χ0n) is 15.7. The van der Waals surface area contributed by atoms with Crippen LogP contribution in [0, 0.1) is 0 Å². The highest BCUT2D eigenvalue weighted by Gasteiger charge is 2.19. The lowest BCUT2D eigenvalue weighted by Crippen LogP contribution is -2.40. The number of benzene rings is 2. The second-order valence-electron chi connectivity index (χ2n) is 7.00. The highest BCUT2D eigenvalue weighted by molar-refractivity contribution is 6.32. The molecule has 5 heteroatoms. The van der Waals surface area contributed by atoms with Crippen LogP contribution < -0.4 is 11.1 Å². The summed E-state index contributed by atoms with van der Waals surface area (Å²) in [7, 11) is 0. The number of halogens is 1. The first kappa shape index (κ1) is 19.5. The highest BCUT2D eigenvalue weighted by atomic mass is 35.5. The Bertz CT molecular complexity index is 839. The monoisotopic (exact) mass is 383 g/mol. The number of hydrogen-bond acceptors (Lipinski definition) is 3. The molecule has 0 unspecified atom stereocenters. The smallest absolute Gasteiger partial charge is 0.255 e. The van der Waals surface area contributed by atoms with Crippen molar-refractivity contribution < 1.29 is 4.79 Å². The first-order valence-corrected chi connectivity index (χ1v) is 9.82. The number of anilines is 2. The van der Waals surface area contributed by atoms with Crippen molar-refractivity contribution in [3.63, 3.8) is 0 Å². The molecule has 1 amide bonds. The molecule has 0 aromatic heterocycles. The predicted molar refractivity (Wildman–Crippen MR) is 114 cm³/mol. The number of nitrogens with one attached hydrogen (secondary N) is 1. The molecular formula is C22H26ClN3O. The Kier molecular flexibility index (Phi) is 6.54. The van der Waals surface area contributed by atoms with E-state index < -0.39 is 0 Å². The van der Waals surface area contributed by atoms with E-state index in [4.69, 9.17) is 17.3 Å². The number of hydrogen-bond donors (Lipinski definition) is 2. The number of nitrogens with two attached hydrogens (primary N) is 1. The summed E-state index contributed by atoms with van der Waals surface area (Å²) in [6.07, 6.45) is 5.94. The Morgan fingerprint density at radius 3 is 2.70 bits per heavy atom. The summed E-state index contributed by atoms with van der Waals surface area (Å²) < 4.78 is 0. The lowest BCUT2D eigenvalue weighted by molar-refractivity contribution is 0.102. The van der Waals surface area contributed by atoms with Gasteiger partial charge in [-0.15, -0.1) is 0 Å². The molecule has 4 nitrogen and oxygen atoms in total. The third kappa shape index (κ3) is 5.12. The Labute approximate surface area is 166 Å². The van der Waals surface area contributed by atoms with Gasteiger partial charge in [-0.1, -0.05) is 55.6 Å². The van der Waals surface area contributed by atoms with Gasteiger partial charge in [-0.3, -0.25) is 9.69 Å². The van der Waals surface area contributed by atoms with E-state index in [2.05, 4.69) is 23.2 Å².